The molecule has 0 amide bonds. The zero-order valence-corrected chi connectivity index (χ0v) is 9.05. The van der Waals surface area contributed by atoms with Gasteiger partial charge in [-0.2, -0.15) is 0 Å². The second kappa shape index (κ2) is 4.94. The van der Waals surface area contributed by atoms with Crippen molar-refractivity contribution in [1.29, 1.82) is 0 Å². The van der Waals surface area contributed by atoms with Gasteiger partial charge in [-0.25, -0.2) is 4.39 Å². The van der Waals surface area contributed by atoms with Crippen LogP contribution in [0.2, 0.25) is 0 Å². The molecule has 1 aromatic carbocycles. The molecule has 0 saturated heterocycles. The van der Waals surface area contributed by atoms with Crippen LogP contribution in [0.3, 0.4) is 0 Å². The van der Waals surface area contributed by atoms with Crippen molar-refractivity contribution in [2.45, 2.75) is 27.2 Å². The molecule has 0 heterocycles. The van der Waals surface area contributed by atoms with Crippen molar-refractivity contribution in [2.75, 3.05) is 0 Å². The molecule has 1 aromatic rings. The fourth-order valence-corrected chi connectivity index (χ4v) is 1.42. The molecule has 0 aliphatic rings. The van der Waals surface area contributed by atoms with E-state index in [2.05, 4.69) is 19.9 Å². The summed E-state index contributed by atoms with van der Waals surface area (Å²) in [6, 6.07) is 6.91. The maximum Gasteiger partial charge on any atom is 0.130 e. The van der Waals surface area contributed by atoms with Crippen molar-refractivity contribution in [1.82, 2.24) is 0 Å². The lowest BCUT2D eigenvalue weighted by Gasteiger charge is -2.06. The first-order valence-electron chi connectivity index (χ1n) is 5.08. The number of allylic oxidation sites excluding steroid dienone is 2. The second-order valence-electron chi connectivity index (χ2n) is 3.72. The number of benzene rings is 1. The Hall–Kier alpha value is -1.11. The Labute approximate surface area is 85.5 Å². The minimum atomic E-state index is -0.135. The van der Waals surface area contributed by atoms with Gasteiger partial charge in [0.15, 0.2) is 0 Å². The van der Waals surface area contributed by atoms with Gasteiger partial charge in [0.2, 0.25) is 0 Å². The second-order valence-corrected chi connectivity index (χ2v) is 3.72. The maximum absolute atomic E-state index is 13.4. The third-order valence-corrected chi connectivity index (χ3v) is 2.48. The van der Waals surface area contributed by atoms with E-state index in [0.717, 1.165) is 12.0 Å². The van der Waals surface area contributed by atoms with E-state index < -0.39 is 0 Å². The third kappa shape index (κ3) is 2.69. The molecule has 0 aliphatic carbocycles. The molecule has 0 spiro atoms. The zero-order chi connectivity index (χ0) is 10.6. The highest BCUT2D eigenvalue weighted by Crippen LogP contribution is 2.19. The number of hydrogen-bond acceptors (Lipinski definition) is 0. The van der Waals surface area contributed by atoms with Crippen LogP contribution in [0.5, 0.6) is 0 Å². The van der Waals surface area contributed by atoms with Gasteiger partial charge in [0, 0.05) is 5.56 Å². The lowest BCUT2D eigenvalue weighted by Crippen LogP contribution is -1.90. The van der Waals surface area contributed by atoms with E-state index in [9.17, 15) is 4.39 Å². The molecule has 0 nitrogen and oxygen atoms in total. The van der Waals surface area contributed by atoms with E-state index >= 15 is 0 Å². The molecule has 0 aromatic heterocycles. The average Bonchev–Trinajstić information content (AvgIpc) is 2.18. The molecular weight excluding hydrogens is 175 g/mol. The average molecular weight is 192 g/mol. The standard InChI is InChI=1S/C13H17F/c1-4-10(2)9-11(3)12-7-5-6-8-13(12)14/h5-10H,4H2,1-3H3/b11-9+. The highest BCUT2D eigenvalue weighted by molar-refractivity contribution is 5.64. The summed E-state index contributed by atoms with van der Waals surface area (Å²) in [5.41, 5.74) is 1.74. The van der Waals surface area contributed by atoms with Gasteiger partial charge >= 0.3 is 0 Å². The molecule has 1 unspecified atom stereocenters. The minimum absolute atomic E-state index is 0.135. The topological polar surface area (TPSA) is 0 Å². The van der Waals surface area contributed by atoms with Crippen molar-refractivity contribution >= 4 is 5.57 Å². The summed E-state index contributed by atoms with van der Waals surface area (Å²) < 4.78 is 13.4. The summed E-state index contributed by atoms with van der Waals surface area (Å²) >= 11 is 0. The SMILES string of the molecule is CCC(C)/C=C(\C)c1ccccc1F. The summed E-state index contributed by atoms with van der Waals surface area (Å²) in [5, 5.41) is 0. The Kier molecular flexibility index (Phi) is 3.87. The van der Waals surface area contributed by atoms with Gasteiger partial charge in [0.1, 0.15) is 5.82 Å². The lowest BCUT2D eigenvalue weighted by atomic mass is 10.0. The molecule has 0 saturated carbocycles. The van der Waals surface area contributed by atoms with Crippen LogP contribution >= 0.6 is 0 Å². The van der Waals surface area contributed by atoms with Crippen LogP contribution in [-0.4, -0.2) is 0 Å². The zero-order valence-electron chi connectivity index (χ0n) is 9.05. The van der Waals surface area contributed by atoms with Crippen LogP contribution in [0.4, 0.5) is 4.39 Å². The lowest BCUT2D eigenvalue weighted by molar-refractivity contribution is 0.623. The van der Waals surface area contributed by atoms with Crippen molar-refractivity contribution in [3.05, 3.63) is 41.7 Å². The molecule has 76 valence electrons. The first-order chi connectivity index (χ1) is 6.65. The first kappa shape index (κ1) is 11.0. The van der Waals surface area contributed by atoms with Crippen LogP contribution < -0.4 is 0 Å². The van der Waals surface area contributed by atoms with Crippen LogP contribution in [0.25, 0.3) is 5.57 Å². The van der Waals surface area contributed by atoms with Gasteiger partial charge < -0.3 is 0 Å². The van der Waals surface area contributed by atoms with E-state index in [4.69, 9.17) is 0 Å². The Morgan fingerprint density at radius 1 is 1.43 bits per heavy atom. The summed E-state index contributed by atoms with van der Waals surface area (Å²) in [5.74, 6) is 0.374. The molecule has 14 heavy (non-hydrogen) atoms. The predicted octanol–water partition coefficient (Wildman–Crippen LogP) is 4.28. The Balaban J connectivity index is 2.94. The third-order valence-electron chi connectivity index (χ3n) is 2.48. The van der Waals surface area contributed by atoms with E-state index in [-0.39, 0.29) is 5.82 Å². The highest BCUT2D eigenvalue weighted by atomic mass is 19.1. The molecular formula is C13H17F. The fraction of sp³-hybridized carbons (Fsp3) is 0.385. The molecule has 0 N–H and O–H groups in total. The largest absolute Gasteiger partial charge is 0.206 e. The van der Waals surface area contributed by atoms with Gasteiger partial charge in [-0.05, 0) is 24.5 Å². The van der Waals surface area contributed by atoms with Crippen LogP contribution in [-0.2, 0) is 0 Å². The van der Waals surface area contributed by atoms with Crippen molar-refractivity contribution in [3.8, 4) is 0 Å². The maximum atomic E-state index is 13.4. The Bertz CT molecular complexity index is 326. The van der Waals surface area contributed by atoms with Gasteiger partial charge in [-0.15, -0.1) is 0 Å². The van der Waals surface area contributed by atoms with Crippen LogP contribution in [0.1, 0.15) is 32.8 Å². The quantitative estimate of drug-likeness (QED) is 0.670. The first-order valence-corrected chi connectivity index (χ1v) is 5.08. The molecule has 0 fully saturated rings. The Morgan fingerprint density at radius 2 is 2.07 bits per heavy atom. The molecule has 0 radical (unpaired) electrons. The van der Waals surface area contributed by atoms with Crippen LogP contribution in [0.15, 0.2) is 30.3 Å². The van der Waals surface area contributed by atoms with Crippen molar-refractivity contribution in [2.24, 2.45) is 5.92 Å². The number of hydrogen-bond donors (Lipinski definition) is 0. The monoisotopic (exact) mass is 192 g/mol. The van der Waals surface area contributed by atoms with Gasteiger partial charge in [-0.3, -0.25) is 0 Å². The molecule has 0 bridgehead atoms. The molecule has 1 rings (SSSR count). The summed E-state index contributed by atoms with van der Waals surface area (Å²) in [7, 11) is 0. The highest BCUT2D eigenvalue weighted by Gasteiger charge is 2.03. The summed E-state index contributed by atoms with van der Waals surface area (Å²) in [4.78, 5) is 0. The van der Waals surface area contributed by atoms with E-state index in [1.54, 1.807) is 6.07 Å². The summed E-state index contributed by atoms with van der Waals surface area (Å²) in [6.45, 7) is 6.24. The molecule has 0 aliphatic heterocycles. The Morgan fingerprint density at radius 3 is 2.64 bits per heavy atom. The van der Waals surface area contributed by atoms with Gasteiger partial charge in [-0.1, -0.05) is 44.5 Å². The molecule has 1 atom stereocenters. The van der Waals surface area contributed by atoms with Gasteiger partial charge in [0.25, 0.3) is 0 Å². The number of rotatable bonds is 3. The van der Waals surface area contributed by atoms with E-state index in [1.165, 1.54) is 6.07 Å². The fourth-order valence-electron chi connectivity index (χ4n) is 1.42. The van der Waals surface area contributed by atoms with Crippen molar-refractivity contribution < 1.29 is 4.39 Å². The normalized spacial score (nSPS) is 14.1. The van der Waals surface area contributed by atoms with E-state index in [1.807, 2.05) is 19.1 Å². The van der Waals surface area contributed by atoms with E-state index in [0.29, 0.717) is 11.5 Å². The predicted molar refractivity (Wildman–Crippen MR) is 59.5 cm³/mol. The van der Waals surface area contributed by atoms with Crippen LogP contribution in [0, 0.1) is 11.7 Å². The van der Waals surface area contributed by atoms with Gasteiger partial charge in [0.05, 0.1) is 0 Å². The summed E-state index contributed by atoms with van der Waals surface area (Å²) in [6.07, 6.45) is 3.21. The smallest absolute Gasteiger partial charge is 0.130 e. The molecule has 1 heteroatoms. The minimum Gasteiger partial charge on any atom is -0.206 e. The number of halogens is 1. The van der Waals surface area contributed by atoms with Crippen molar-refractivity contribution in [3.63, 3.8) is 0 Å².